The Morgan fingerprint density at radius 2 is 1.80 bits per heavy atom. The van der Waals surface area contributed by atoms with Crippen LogP contribution in [0.15, 0.2) is 22.7 Å². The number of hydrogen-bond acceptors (Lipinski definition) is 8. The van der Waals surface area contributed by atoms with Gasteiger partial charge in [-0.15, -0.1) is 13.2 Å². The molecule has 2 fully saturated rings. The molecule has 8 nitrogen and oxygen atoms in total. The predicted molar refractivity (Wildman–Crippen MR) is 121 cm³/mol. The lowest BCUT2D eigenvalue weighted by atomic mass is 9.83. The first-order chi connectivity index (χ1) is 16.5. The van der Waals surface area contributed by atoms with E-state index in [9.17, 15) is 23.4 Å². The van der Waals surface area contributed by atoms with E-state index in [-0.39, 0.29) is 29.6 Å². The smallest absolute Gasteiger partial charge is 0.406 e. The zero-order valence-corrected chi connectivity index (χ0v) is 20.2. The molecule has 0 spiro atoms. The van der Waals surface area contributed by atoms with E-state index in [1.54, 1.807) is 19.1 Å². The van der Waals surface area contributed by atoms with Crippen molar-refractivity contribution in [2.45, 2.75) is 76.6 Å². The Labute approximate surface area is 202 Å². The molecule has 1 aromatic carbocycles. The van der Waals surface area contributed by atoms with E-state index < -0.39 is 12.7 Å². The van der Waals surface area contributed by atoms with Gasteiger partial charge in [-0.1, -0.05) is 31.1 Å². The average molecular weight is 499 g/mol. The van der Waals surface area contributed by atoms with Crippen LogP contribution in [0.25, 0.3) is 0 Å². The number of hydrogen-bond donors (Lipinski definition) is 2. The fraction of sp³-hybridized carbons (Fsp3) is 0.667. The van der Waals surface area contributed by atoms with Gasteiger partial charge in [0.2, 0.25) is 5.89 Å². The van der Waals surface area contributed by atoms with Crippen molar-refractivity contribution >= 4 is 0 Å². The van der Waals surface area contributed by atoms with Crippen LogP contribution in [0.3, 0.4) is 0 Å². The van der Waals surface area contributed by atoms with Crippen molar-refractivity contribution in [2.24, 2.45) is 0 Å². The highest BCUT2D eigenvalue weighted by molar-refractivity contribution is 5.38. The summed E-state index contributed by atoms with van der Waals surface area (Å²) in [5.74, 6) is 0.771. The SMILES string of the molecule is Cc1cc(C2CC(c3nc(C(C)C)no3)CN(C(O)N3CCC(O)CC3)C2)ccc1OC(F)(F)F. The van der Waals surface area contributed by atoms with Crippen molar-refractivity contribution in [3.05, 3.63) is 41.0 Å². The maximum Gasteiger partial charge on any atom is 0.573 e. The molecule has 194 valence electrons. The third-order valence-electron chi connectivity index (χ3n) is 6.85. The van der Waals surface area contributed by atoms with Gasteiger partial charge in [-0.05, 0) is 49.3 Å². The lowest BCUT2D eigenvalue weighted by molar-refractivity contribution is -0.274. The van der Waals surface area contributed by atoms with Gasteiger partial charge in [0.15, 0.2) is 12.2 Å². The fourth-order valence-corrected chi connectivity index (χ4v) is 4.90. The van der Waals surface area contributed by atoms with Crippen LogP contribution in [-0.2, 0) is 0 Å². The first-order valence-corrected chi connectivity index (χ1v) is 12.0. The maximum atomic E-state index is 12.7. The number of aryl methyl sites for hydroxylation is 1. The van der Waals surface area contributed by atoms with Crippen LogP contribution in [0.4, 0.5) is 13.2 Å². The molecule has 3 unspecified atom stereocenters. The topological polar surface area (TPSA) is 95.1 Å². The van der Waals surface area contributed by atoms with Gasteiger partial charge in [-0.2, -0.15) is 4.98 Å². The van der Waals surface area contributed by atoms with Crippen LogP contribution in [0.5, 0.6) is 5.75 Å². The molecule has 35 heavy (non-hydrogen) atoms. The molecule has 4 rings (SSSR count). The van der Waals surface area contributed by atoms with Crippen molar-refractivity contribution in [2.75, 3.05) is 26.2 Å². The summed E-state index contributed by atoms with van der Waals surface area (Å²) >= 11 is 0. The summed E-state index contributed by atoms with van der Waals surface area (Å²) in [7, 11) is 0. The number of aliphatic hydroxyl groups excluding tert-OH is 2. The average Bonchev–Trinajstić information content (AvgIpc) is 3.30. The Morgan fingerprint density at radius 3 is 2.40 bits per heavy atom. The number of alkyl halides is 3. The normalized spacial score (nSPS) is 24.1. The van der Waals surface area contributed by atoms with Crippen LogP contribution in [0.2, 0.25) is 0 Å². The van der Waals surface area contributed by atoms with E-state index >= 15 is 0 Å². The van der Waals surface area contributed by atoms with E-state index in [0.29, 0.717) is 62.7 Å². The standard InChI is InChI=1S/C24H33F3N4O4/c1-14(2)21-28-22(35-29-21)18-11-17(16-4-5-20(15(3)10-16)34-24(25,26)27)12-31(13-18)23(33)30-8-6-19(32)7-9-30/h4-5,10,14,17-19,23,32-33H,6-9,11-13H2,1-3H3. The second-order valence-corrected chi connectivity index (χ2v) is 9.92. The van der Waals surface area contributed by atoms with Gasteiger partial charge >= 0.3 is 6.36 Å². The highest BCUT2D eigenvalue weighted by atomic mass is 19.4. The highest BCUT2D eigenvalue weighted by Crippen LogP contribution is 2.38. The molecule has 0 saturated carbocycles. The first-order valence-electron chi connectivity index (χ1n) is 12.0. The van der Waals surface area contributed by atoms with Crippen molar-refractivity contribution in [3.8, 4) is 5.75 Å². The van der Waals surface area contributed by atoms with Gasteiger partial charge in [0.25, 0.3) is 0 Å². The molecule has 2 aliphatic rings. The molecule has 1 aromatic heterocycles. The zero-order chi connectivity index (χ0) is 25.3. The van der Waals surface area contributed by atoms with E-state index in [2.05, 4.69) is 14.9 Å². The molecule has 0 bridgehead atoms. The molecule has 0 aliphatic carbocycles. The summed E-state index contributed by atoms with van der Waals surface area (Å²) in [6, 6.07) is 4.71. The number of benzene rings is 1. The van der Waals surface area contributed by atoms with Crippen LogP contribution >= 0.6 is 0 Å². The van der Waals surface area contributed by atoms with Crippen molar-refractivity contribution in [1.29, 1.82) is 0 Å². The minimum atomic E-state index is -4.75. The number of aliphatic hydroxyl groups is 2. The number of ether oxygens (including phenoxy) is 1. The molecule has 3 heterocycles. The van der Waals surface area contributed by atoms with Gasteiger partial charge < -0.3 is 19.5 Å². The molecule has 0 amide bonds. The molecular weight excluding hydrogens is 465 g/mol. The summed E-state index contributed by atoms with van der Waals surface area (Å²) < 4.78 is 47.8. The third kappa shape index (κ3) is 6.32. The minimum Gasteiger partial charge on any atom is -0.406 e. The second-order valence-electron chi connectivity index (χ2n) is 9.92. The van der Waals surface area contributed by atoms with Gasteiger partial charge in [0, 0.05) is 32.1 Å². The molecule has 2 aromatic rings. The van der Waals surface area contributed by atoms with Crippen LogP contribution in [0.1, 0.15) is 73.7 Å². The zero-order valence-electron chi connectivity index (χ0n) is 20.2. The van der Waals surface area contributed by atoms with E-state index in [4.69, 9.17) is 4.52 Å². The van der Waals surface area contributed by atoms with Gasteiger partial charge in [-0.3, -0.25) is 9.80 Å². The van der Waals surface area contributed by atoms with Crippen LogP contribution in [0, 0.1) is 6.92 Å². The Bertz CT molecular complexity index is 991. The summed E-state index contributed by atoms with van der Waals surface area (Å²) in [5, 5.41) is 25.1. The number of rotatable bonds is 6. The Balaban J connectivity index is 1.58. The quantitative estimate of drug-likeness (QED) is 0.623. The highest BCUT2D eigenvalue weighted by Gasteiger charge is 2.38. The van der Waals surface area contributed by atoms with Gasteiger partial charge in [-0.25, -0.2) is 0 Å². The number of halogens is 3. The van der Waals surface area contributed by atoms with Crippen LogP contribution < -0.4 is 4.74 Å². The first kappa shape index (κ1) is 25.9. The third-order valence-corrected chi connectivity index (χ3v) is 6.85. The molecule has 3 atom stereocenters. The molecule has 11 heteroatoms. The summed E-state index contributed by atoms with van der Waals surface area (Å²) in [6.07, 6.45) is -4.11. The molecule has 2 saturated heterocycles. The monoisotopic (exact) mass is 498 g/mol. The summed E-state index contributed by atoms with van der Waals surface area (Å²) in [6.45, 7) is 7.72. The molecular formula is C24H33F3N4O4. The van der Waals surface area contributed by atoms with Crippen molar-refractivity contribution in [3.63, 3.8) is 0 Å². The molecule has 2 N–H and O–H groups in total. The van der Waals surface area contributed by atoms with Crippen molar-refractivity contribution in [1.82, 2.24) is 19.9 Å². The van der Waals surface area contributed by atoms with Gasteiger partial charge in [0.1, 0.15) is 5.75 Å². The number of likely N-dealkylation sites (tertiary alicyclic amines) is 2. The molecule has 2 aliphatic heterocycles. The minimum absolute atomic E-state index is 0.0770. The fourth-order valence-electron chi connectivity index (χ4n) is 4.90. The van der Waals surface area contributed by atoms with Crippen molar-refractivity contribution < 1.29 is 32.6 Å². The Morgan fingerprint density at radius 1 is 1.11 bits per heavy atom. The lowest BCUT2D eigenvalue weighted by Crippen LogP contribution is -2.55. The number of nitrogens with zero attached hydrogens (tertiary/aromatic N) is 4. The second kappa shape index (κ2) is 10.4. The number of piperidine rings is 2. The summed E-state index contributed by atoms with van der Waals surface area (Å²) in [4.78, 5) is 8.46. The summed E-state index contributed by atoms with van der Waals surface area (Å²) in [5.41, 5.74) is 1.25. The number of aromatic nitrogens is 2. The van der Waals surface area contributed by atoms with E-state index in [0.717, 1.165) is 5.56 Å². The van der Waals surface area contributed by atoms with E-state index in [1.165, 1.54) is 6.07 Å². The predicted octanol–water partition coefficient (Wildman–Crippen LogP) is 3.71. The van der Waals surface area contributed by atoms with Gasteiger partial charge in [0.05, 0.1) is 12.0 Å². The van der Waals surface area contributed by atoms with E-state index in [1.807, 2.05) is 23.6 Å². The maximum absolute atomic E-state index is 12.7. The van der Waals surface area contributed by atoms with Crippen LogP contribution in [-0.4, -0.2) is 75.2 Å². The Kier molecular flexibility index (Phi) is 7.70. The lowest BCUT2D eigenvalue weighted by Gasteiger charge is -2.44. The largest absolute Gasteiger partial charge is 0.573 e. The molecule has 0 radical (unpaired) electrons. The Hall–Kier alpha value is -2.21.